The minimum atomic E-state index is -4.64. The molecule has 1 aromatic heterocycles. The summed E-state index contributed by atoms with van der Waals surface area (Å²) in [5, 5.41) is 6.68. The number of para-hydroxylation sites is 1. The maximum Gasteiger partial charge on any atom is 0.418 e. The van der Waals surface area contributed by atoms with Gasteiger partial charge in [-0.1, -0.05) is 18.2 Å². The van der Waals surface area contributed by atoms with Gasteiger partial charge in [0.1, 0.15) is 0 Å². The van der Waals surface area contributed by atoms with Crippen molar-refractivity contribution in [2.75, 3.05) is 13.2 Å². The predicted molar refractivity (Wildman–Crippen MR) is 124 cm³/mol. The van der Waals surface area contributed by atoms with Crippen LogP contribution in [-0.4, -0.2) is 28.9 Å². The Bertz CT molecular complexity index is 1270. The Morgan fingerprint density at radius 2 is 1.71 bits per heavy atom. The fourth-order valence-electron chi connectivity index (χ4n) is 3.53. The summed E-state index contributed by atoms with van der Waals surface area (Å²) in [7, 11) is 0. The van der Waals surface area contributed by atoms with Crippen LogP contribution in [0.2, 0.25) is 0 Å². The second kappa shape index (κ2) is 10.6. The van der Waals surface area contributed by atoms with Crippen LogP contribution in [0.25, 0.3) is 5.69 Å². The van der Waals surface area contributed by atoms with Crippen LogP contribution in [0, 0.1) is 6.92 Å². The molecule has 186 valence electrons. The Kier molecular flexibility index (Phi) is 7.83. The molecule has 1 amide bonds. The number of carbonyl (C=O) groups is 1. The zero-order valence-corrected chi connectivity index (χ0v) is 19.8. The molecule has 0 spiro atoms. The van der Waals surface area contributed by atoms with Crippen molar-refractivity contribution in [2.24, 2.45) is 0 Å². The highest BCUT2D eigenvalue weighted by molar-refractivity contribution is 5.92. The van der Waals surface area contributed by atoms with E-state index in [2.05, 4.69) is 10.4 Å². The lowest BCUT2D eigenvalue weighted by Gasteiger charge is -2.19. The van der Waals surface area contributed by atoms with Gasteiger partial charge in [-0.15, -0.1) is 0 Å². The number of ether oxygens (including phenoxy) is 2. The molecule has 0 bridgehead atoms. The number of aromatic nitrogens is 2. The fourth-order valence-corrected chi connectivity index (χ4v) is 3.53. The van der Waals surface area contributed by atoms with Gasteiger partial charge in [0, 0.05) is 11.8 Å². The van der Waals surface area contributed by atoms with E-state index in [1.807, 2.05) is 13.8 Å². The first-order valence-electron chi connectivity index (χ1n) is 11.0. The Morgan fingerprint density at radius 3 is 2.37 bits per heavy atom. The van der Waals surface area contributed by atoms with Crippen LogP contribution in [0.1, 0.15) is 54.1 Å². The van der Waals surface area contributed by atoms with Crippen LogP contribution in [0.3, 0.4) is 0 Å². The van der Waals surface area contributed by atoms with Gasteiger partial charge >= 0.3 is 6.18 Å². The van der Waals surface area contributed by atoms with Crippen LogP contribution in [0.4, 0.5) is 13.2 Å². The van der Waals surface area contributed by atoms with Crippen molar-refractivity contribution in [1.29, 1.82) is 0 Å². The summed E-state index contributed by atoms with van der Waals surface area (Å²) in [6, 6.07) is 10.5. The van der Waals surface area contributed by atoms with Gasteiger partial charge in [-0.3, -0.25) is 9.59 Å². The molecule has 1 atom stereocenters. The zero-order valence-electron chi connectivity index (χ0n) is 19.8. The maximum absolute atomic E-state index is 13.5. The summed E-state index contributed by atoms with van der Waals surface area (Å²) in [6.45, 7) is 7.70. The van der Waals surface area contributed by atoms with Crippen molar-refractivity contribution in [3.63, 3.8) is 0 Å². The molecule has 10 heteroatoms. The Labute approximate surface area is 200 Å². The predicted octanol–water partition coefficient (Wildman–Crippen LogP) is 4.85. The van der Waals surface area contributed by atoms with Gasteiger partial charge in [-0.05, 0) is 57.5 Å². The third-order valence-corrected chi connectivity index (χ3v) is 5.18. The SMILES string of the molecule is CCOc1ccc(C(C)NC(=O)c2nn(-c3ccccc3C(F)(F)F)c(C)cc2=O)cc1OCC. The average Bonchev–Trinajstić information content (AvgIpc) is 2.80. The molecule has 1 unspecified atom stereocenters. The molecule has 0 saturated carbocycles. The lowest BCUT2D eigenvalue weighted by molar-refractivity contribution is -0.137. The second-order valence-electron chi connectivity index (χ2n) is 7.69. The monoisotopic (exact) mass is 489 g/mol. The third kappa shape index (κ3) is 5.82. The van der Waals surface area contributed by atoms with Gasteiger partial charge < -0.3 is 14.8 Å². The molecule has 35 heavy (non-hydrogen) atoms. The molecular weight excluding hydrogens is 463 g/mol. The molecule has 0 aliphatic carbocycles. The van der Waals surface area contributed by atoms with E-state index in [9.17, 15) is 22.8 Å². The summed E-state index contributed by atoms with van der Waals surface area (Å²) in [4.78, 5) is 25.5. The topological polar surface area (TPSA) is 82.5 Å². The Morgan fingerprint density at radius 1 is 1.06 bits per heavy atom. The summed E-state index contributed by atoms with van der Waals surface area (Å²) in [5.41, 5.74) is -1.60. The molecule has 3 rings (SSSR count). The van der Waals surface area contributed by atoms with Crippen molar-refractivity contribution in [1.82, 2.24) is 15.1 Å². The summed E-state index contributed by atoms with van der Waals surface area (Å²) < 4.78 is 52.7. The number of hydrogen-bond acceptors (Lipinski definition) is 5. The Hall–Kier alpha value is -3.82. The highest BCUT2D eigenvalue weighted by atomic mass is 19.4. The number of halogens is 3. The van der Waals surface area contributed by atoms with Crippen LogP contribution in [0.5, 0.6) is 11.5 Å². The van der Waals surface area contributed by atoms with Gasteiger partial charge in [0.05, 0.1) is 30.5 Å². The van der Waals surface area contributed by atoms with Gasteiger partial charge in [-0.2, -0.15) is 18.3 Å². The Balaban J connectivity index is 1.94. The van der Waals surface area contributed by atoms with Crippen LogP contribution < -0.4 is 20.2 Å². The second-order valence-corrected chi connectivity index (χ2v) is 7.69. The van der Waals surface area contributed by atoms with E-state index in [0.29, 0.717) is 30.3 Å². The summed E-state index contributed by atoms with van der Waals surface area (Å²) in [5.74, 6) is 0.253. The van der Waals surface area contributed by atoms with Crippen molar-refractivity contribution in [3.8, 4) is 17.2 Å². The summed E-state index contributed by atoms with van der Waals surface area (Å²) in [6.07, 6.45) is -4.64. The molecule has 0 aliphatic heterocycles. The maximum atomic E-state index is 13.5. The number of rotatable bonds is 8. The molecule has 0 fully saturated rings. The number of nitrogens with one attached hydrogen (secondary N) is 1. The van der Waals surface area contributed by atoms with E-state index in [0.717, 1.165) is 16.8 Å². The minimum Gasteiger partial charge on any atom is -0.490 e. The van der Waals surface area contributed by atoms with Crippen LogP contribution in [0.15, 0.2) is 53.3 Å². The number of alkyl halides is 3. The molecule has 0 radical (unpaired) electrons. The lowest BCUT2D eigenvalue weighted by Crippen LogP contribution is -2.33. The average molecular weight is 489 g/mol. The van der Waals surface area contributed by atoms with E-state index in [1.165, 1.54) is 25.1 Å². The molecule has 2 aromatic carbocycles. The van der Waals surface area contributed by atoms with Gasteiger partial charge in [-0.25, -0.2) is 4.68 Å². The number of carbonyl (C=O) groups excluding carboxylic acids is 1. The highest BCUT2D eigenvalue weighted by Gasteiger charge is 2.34. The summed E-state index contributed by atoms with van der Waals surface area (Å²) >= 11 is 0. The number of hydrogen-bond donors (Lipinski definition) is 1. The van der Waals surface area contributed by atoms with Crippen molar-refractivity contribution in [2.45, 2.75) is 39.9 Å². The van der Waals surface area contributed by atoms with E-state index in [-0.39, 0.29) is 11.4 Å². The molecule has 0 saturated heterocycles. The molecule has 1 heterocycles. The number of amides is 1. The first-order chi connectivity index (χ1) is 16.6. The third-order valence-electron chi connectivity index (χ3n) is 5.18. The number of aryl methyl sites for hydroxylation is 1. The van der Waals surface area contributed by atoms with Crippen molar-refractivity contribution >= 4 is 5.91 Å². The van der Waals surface area contributed by atoms with Crippen molar-refractivity contribution < 1.29 is 27.4 Å². The molecule has 7 nitrogen and oxygen atoms in total. The lowest BCUT2D eigenvalue weighted by atomic mass is 10.1. The molecule has 3 aromatic rings. The minimum absolute atomic E-state index is 0.157. The highest BCUT2D eigenvalue weighted by Crippen LogP contribution is 2.34. The van der Waals surface area contributed by atoms with Gasteiger partial charge in [0.2, 0.25) is 5.43 Å². The smallest absolute Gasteiger partial charge is 0.418 e. The zero-order chi connectivity index (χ0) is 25.8. The van der Waals surface area contributed by atoms with E-state index >= 15 is 0 Å². The van der Waals surface area contributed by atoms with Crippen LogP contribution in [-0.2, 0) is 6.18 Å². The van der Waals surface area contributed by atoms with Crippen LogP contribution >= 0.6 is 0 Å². The van der Waals surface area contributed by atoms with Crippen molar-refractivity contribution in [3.05, 3.63) is 81.3 Å². The normalized spacial score (nSPS) is 12.2. The quantitative estimate of drug-likeness (QED) is 0.489. The molecule has 0 aliphatic rings. The number of benzene rings is 2. The fraction of sp³-hybridized carbons (Fsp3) is 0.320. The van der Waals surface area contributed by atoms with Gasteiger partial charge in [0.15, 0.2) is 17.2 Å². The standard InChI is InChI=1S/C25H26F3N3O4/c1-5-34-21-12-11-17(14-22(21)35-6-2)16(4)29-24(33)23-20(32)13-15(3)31(30-23)19-10-8-7-9-18(19)25(26,27)28/h7-14,16H,5-6H2,1-4H3,(H,29,33). The van der Waals surface area contributed by atoms with E-state index < -0.39 is 34.8 Å². The number of nitrogens with zero attached hydrogens (tertiary/aromatic N) is 2. The first-order valence-corrected chi connectivity index (χ1v) is 11.0. The van der Waals surface area contributed by atoms with E-state index in [1.54, 1.807) is 25.1 Å². The molecular formula is C25H26F3N3O4. The molecule has 1 N–H and O–H groups in total. The largest absolute Gasteiger partial charge is 0.490 e. The van der Waals surface area contributed by atoms with E-state index in [4.69, 9.17) is 9.47 Å². The first kappa shape index (κ1) is 25.8. The van der Waals surface area contributed by atoms with Gasteiger partial charge in [0.25, 0.3) is 5.91 Å².